The van der Waals surface area contributed by atoms with E-state index in [9.17, 15) is 31.3 Å². The van der Waals surface area contributed by atoms with E-state index in [1.807, 2.05) is 0 Å². The minimum atomic E-state index is -4.60. The van der Waals surface area contributed by atoms with Crippen LogP contribution in [0.25, 0.3) is 0 Å². The van der Waals surface area contributed by atoms with Crippen molar-refractivity contribution in [3.8, 4) is 0 Å². The first-order chi connectivity index (χ1) is 9.23. The van der Waals surface area contributed by atoms with E-state index in [1.54, 1.807) is 0 Å². The zero-order valence-corrected chi connectivity index (χ0v) is 11.7. The summed E-state index contributed by atoms with van der Waals surface area (Å²) in [5.41, 5.74) is 0. The van der Waals surface area contributed by atoms with Gasteiger partial charge >= 0.3 is 11.9 Å². The quantitative estimate of drug-likeness (QED) is 0.291. The summed E-state index contributed by atoms with van der Waals surface area (Å²) in [5, 5.41) is -2.78. The second kappa shape index (κ2) is 4.33. The zero-order chi connectivity index (χ0) is 14.8. The molecular weight excluding hydrogens is 312 g/mol. The number of carbonyl (C=O) groups is 2. The number of fused-ring (bicyclic) bond motifs is 2. The number of ether oxygens (including phenoxy) is 1. The Morgan fingerprint density at radius 3 is 2.10 bits per heavy atom. The highest BCUT2D eigenvalue weighted by Crippen LogP contribution is 2.55. The molecule has 0 aromatic rings. The normalized spacial score (nSPS) is 45.1. The predicted molar refractivity (Wildman–Crippen MR) is 64.2 cm³/mol. The predicted octanol–water partition coefficient (Wildman–Crippen LogP) is -0.811. The summed E-state index contributed by atoms with van der Waals surface area (Å²) in [4.78, 5) is 23.4. The maximum atomic E-state index is 11.7. The number of esters is 2. The summed E-state index contributed by atoms with van der Waals surface area (Å²) in [6.45, 7) is 0. The van der Waals surface area contributed by atoms with Gasteiger partial charge in [0.1, 0.15) is 5.25 Å². The molecule has 3 aliphatic carbocycles. The molecule has 1 aliphatic heterocycles. The van der Waals surface area contributed by atoms with E-state index >= 15 is 0 Å². The fourth-order valence-corrected chi connectivity index (χ4v) is 7.06. The van der Waals surface area contributed by atoms with Crippen LogP contribution in [0.15, 0.2) is 0 Å². The molecule has 4 fully saturated rings. The third-order valence-corrected chi connectivity index (χ3v) is 7.24. The molecule has 7 atom stereocenters. The lowest BCUT2D eigenvalue weighted by Crippen LogP contribution is -2.61. The third kappa shape index (κ3) is 1.78. The molecule has 0 amide bonds. The number of hydrogen-bond acceptors (Lipinski definition) is 6. The molecule has 0 aromatic heterocycles. The Balaban J connectivity index is 2.13. The van der Waals surface area contributed by atoms with Gasteiger partial charge in [0.15, 0.2) is 11.1 Å². The Hall–Kier alpha value is -0.840. The number of carbonyl (C=O) groups excluding carboxylic acids is 2. The summed E-state index contributed by atoms with van der Waals surface area (Å²) < 4.78 is 57.8. The van der Waals surface area contributed by atoms with E-state index in [4.69, 9.17) is 0 Å². The number of rotatable bonds is 2. The van der Waals surface area contributed by atoms with Crippen molar-refractivity contribution >= 4 is 33.1 Å². The fraction of sp³-hybridized carbons (Fsp3) is 0.800. The summed E-state index contributed by atoms with van der Waals surface area (Å²) in [5.74, 6) is -4.99. The standard InChI is InChI=1S/C10H12O8S2/c11-9-5-3-1-2-4(6(5)10(12)18-9)8(20(15,16)17)7(3)19(13)14/h3-8H,1-2H2,(H,13,14)(H,15,16,17). The lowest BCUT2D eigenvalue weighted by atomic mass is 9.59. The van der Waals surface area contributed by atoms with Crippen molar-refractivity contribution in [3.05, 3.63) is 0 Å². The van der Waals surface area contributed by atoms with E-state index in [0.29, 0.717) is 12.8 Å². The topological polar surface area (TPSA) is 135 Å². The highest BCUT2D eigenvalue weighted by atomic mass is 32.2. The van der Waals surface area contributed by atoms with Gasteiger partial charge in [0.05, 0.1) is 17.1 Å². The van der Waals surface area contributed by atoms with Crippen LogP contribution in [0.4, 0.5) is 0 Å². The summed E-state index contributed by atoms with van der Waals surface area (Å²) in [6, 6.07) is 0. The SMILES string of the molecule is O=C1OC(=O)C2C3CCC(C12)C(S(=O)O)C3S(=O)(=O)O. The Morgan fingerprint density at radius 1 is 1.10 bits per heavy atom. The first-order valence-electron chi connectivity index (χ1n) is 6.05. The van der Waals surface area contributed by atoms with Gasteiger partial charge in [-0.15, -0.1) is 0 Å². The van der Waals surface area contributed by atoms with Crippen molar-refractivity contribution in [1.82, 2.24) is 0 Å². The summed E-state index contributed by atoms with van der Waals surface area (Å²) >= 11 is -2.52. The molecule has 10 heteroatoms. The molecule has 2 bridgehead atoms. The molecule has 4 aliphatic rings. The Bertz CT molecular complexity index is 611. The fourth-order valence-electron chi connectivity index (χ4n) is 4.03. The van der Waals surface area contributed by atoms with Gasteiger partial charge in [-0.05, 0) is 24.7 Å². The molecule has 0 radical (unpaired) electrons. The molecule has 1 saturated heterocycles. The van der Waals surface area contributed by atoms with Crippen LogP contribution in [0.2, 0.25) is 0 Å². The maximum Gasteiger partial charge on any atom is 0.317 e. The average molecular weight is 324 g/mol. The first-order valence-corrected chi connectivity index (χ1v) is 8.72. The molecule has 0 aromatic carbocycles. The van der Waals surface area contributed by atoms with Gasteiger partial charge in [-0.2, -0.15) is 8.42 Å². The van der Waals surface area contributed by atoms with Crippen molar-refractivity contribution < 1.29 is 36.1 Å². The van der Waals surface area contributed by atoms with E-state index in [-0.39, 0.29) is 0 Å². The Labute approximate surface area is 116 Å². The van der Waals surface area contributed by atoms with Crippen LogP contribution in [0.3, 0.4) is 0 Å². The molecule has 7 unspecified atom stereocenters. The van der Waals surface area contributed by atoms with Gasteiger partial charge in [-0.25, -0.2) is 4.21 Å². The molecular formula is C10H12O8S2. The monoisotopic (exact) mass is 324 g/mol. The first kappa shape index (κ1) is 14.1. The van der Waals surface area contributed by atoms with Gasteiger partial charge in [-0.1, -0.05) is 0 Å². The Kier molecular flexibility index (Phi) is 3.05. The zero-order valence-electron chi connectivity index (χ0n) is 10.0. The van der Waals surface area contributed by atoms with E-state index < -0.39 is 67.3 Å². The van der Waals surface area contributed by atoms with Crippen LogP contribution in [-0.2, 0) is 35.5 Å². The van der Waals surface area contributed by atoms with Crippen LogP contribution in [0, 0.1) is 23.7 Å². The lowest BCUT2D eigenvalue weighted by Gasteiger charge is -2.49. The number of cyclic esters (lactones) is 2. The van der Waals surface area contributed by atoms with Crippen LogP contribution >= 0.6 is 0 Å². The molecule has 112 valence electrons. The Morgan fingerprint density at radius 2 is 1.60 bits per heavy atom. The minimum Gasteiger partial charge on any atom is -0.393 e. The van der Waals surface area contributed by atoms with E-state index in [2.05, 4.69) is 4.74 Å². The van der Waals surface area contributed by atoms with E-state index in [1.165, 1.54) is 0 Å². The molecule has 1 heterocycles. The average Bonchev–Trinajstić information content (AvgIpc) is 2.65. The molecule has 3 saturated carbocycles. The second-order valence-electron chi connectivity index (χ2n) is 5.42. The lowest BCUT2D eigenvalue weighted by molar-refractivity contribution is -0.154. The largest absolute Gasteiger partial charge is 0.393 e. The molecule has 4 rings (SSSR count). The van der Waals surface area contributed by atoms with Crippen LogP contribution < -0.4 is 0 Å². The van der Waals surface area contributed by atoms with Crippen molar-refractivity contribution in [2.75, 3.05) is 0 Å². The van der Waals surface area contributed by atoms with Gasteiger partial charge in [0.25, 0.3) is 10.1 Å². The van der Waals surface area contributed by atoms with E-state index in [0.717, 1.165) is 0 Å². The van der Waals surface area contributed by atoms with Crippen LogP contribution in [0.1, 0.15) is 12.8 Å². The van der Waals surface area contributed by atoms with Gasteiger partial charge in [-0.3, -0.25) is 14.1 Å². The molecule has 8 nitrogen and oxygen atoms in total. The molecule has 0 spiro atoms. The van der Waals surface area contributed by atoms with Gasteiger partial charge in [0, 0.05) is 0 Å². The highest BCUT2D eigenvalue weighted by Gasteiger charge is 2.67. The van der Waals surface area contributed by atoms with Crippen molar-refractivity contribution in [2.24, 2.45) is 23.7 Å². The smallest absolute Gasteiger partial charge is 0.317 e. The molecule has 20 heavy (non-hydrogen) atoms. The summed E-state index contributed by atoms with van der Waals surface area (Å²) in [6.07, 6.45) is 0.656. The maximum absolute atomic E-state index is 11.7. The van der Waals surface area contributed by atoms with Crippen LogP contribution in [0.5, 0.6) is 0 Å². The van der Waals surface area contributed by atoms with Crippen molar-refractivity contribution in [3.63, 3.8) is 0 Å². The van der Waals surface area contributed by atoms with Crippen molar-refractivity contribution in [2.45, 2.75) is 23.3 Å². The third-order valence-electron chi connectivity index (χ3n) is 4.63. The van der Waals surface area contributed by atoms with Gasteiger partial charge < -0.3 is 9.29 Å². The number of hydrogen-bond donors (Lipinski definition) is 2. The second-order valence-corrected chi connectivity index (χ2v) is 8.09. The molecule has 2 N–H and O–H groups in total. The summed E-state index contributed by atoms with van der Waals surface area (Å²) in [7, 11) is -4.60. The highest BCUT2D eigenvalue weighted by molar-refractivity contribution is 7.88. The van der Waals surface area contributed by atoms with Crippen LogP contribution in [-0.4, -0.2) is 44.2 Å². The van der Waals surface area contributed by atoms with Crippen molar-refractivity contribution in [1.29, 1.82) is 0 Å². The van der Waals surface area contributed by atoms with Gasteiger partial charge in [0.2, 0.25) is 0 Å². The minimum absolute atomic E-state index is 0.298.